The van der Waals surface area contributed by atoms with Crippen molar-refractivity contribution in [2.24, 2.45) is 28.6 Å². The first-order valence-electron chi connectivity index (χ1n) is 15.5. The van der Waals surface area contributed by atoms with Gasteiger partial charge in [0, 0.05) is 22.7 Å². The van der Waals surface area contributed by atoms with Crippen LogP contribution in [0.3, 0.4) is 0 Å². The van der Waals surface area contributed by atoms with Crippen LogP contribution in [-0.2, 0) is 19.1 Å². The second kappa shape index (κ2) is 10.3. The molecule has 2 aromatic rings. The standard InChI is InChI=1S/C36H41FO7/c1-20-14-29-28-11-9-25-17-26(39)12-13-33(25,3)35(28,37)30(40)18-34(29,4)36(20,31(41)19-38)44-32(42)21(2)22-6-7-24-16-27(43-5)10-8-23(24)15-22/h6-8,10,12-13,15-17,20-21,28-30,38,40H,9,11,14,18-19H2,1-5H3/t20-,21+,28+,29+,30+,33+,34+,35+,36+/m1/s1. The maximum absolute atomic E-state index is 17.6. The maximum atomic E-state index is 17.6. The number of halogens is 1. The van der Waals surface area contributed by atoms with Crippen LogP contribution in [0.1, 0.15) is 64.9 Å². The second-order valence-corrected chi connectivity index (χ2v) is 13.8. The van der Waals surface area contributed by atoms with Crippen LogP contribution >= 0.6 is 0 Å². The quantitative estimate of drug-likeness (QED) is 0.424. The van der Waals surface area contributed by atoms with Gasteiger partial charge < -0.3 is 19.7 Å². The fourth-order valence-corrected chi connectivity index (χ4v) is 9.54. The molecule has 4 aliphatic carbocycles. The van der Waals surface area contributed by atoms with Crippen LogP contribution in [0.5, 0.6) is 5.75 Å². The molecule has 0 aromatic heterocycles. The van der Waals surface area contributed by atoms with Gasteiger partial charge in [0.05, 0.1) is 19.1 Å². The Kier molecular flexibility index (Phi) is 7.21. The summed E-state index contributed by atoms with van der Waals surface area (Å²) in [4.78, 5) is 40.0. The summed E-state index contributed by atoms with van der Waals surface area (Å²) in [5.74, 6) is -3.05. The SMILES string of the molecule is COc1ccc2cc([C@H](C)C(=O)O[C@]3(C(=O)CO)[C@H](C)C[C@H]4[C@@H]5CCC6=CC(=O)C=C[C@]6(C)[C@@]5(F)[C@@H](O)C[C@@]43C)ccc2c1. The lowest BCUT2D eigenvalue weighted by Crippen LogP contribution is -2.70. The average molecular weight is 605 g/mol. The van der Waals surface area contributed by atoms with Crippen molar-refractivity contribution in [2.45, 2.75) is 76.7 Å². The lowest BCUT2D eigenvalue weighted by atomic mass is 9.44. The van der Waals surface area contributed by atoms with Crippen LogP contribution in [-0.4, -0.2) is 58.8 Å². The van der Waals surface area contributed by atoms with Gasteiger partial charge in [-0.1, -0.05) is 49.8 Å². The number of aliphatic hydroxyl groups excluding tert-OH is 2. The minimum atomic E-state index is -2.08. The number of aliphatic hydroxyl groups is 2. The van der Waals surface area contributed by atoms with Gasteiger partial charge in [-0.3, -0.25) is 14.4 Å². The number of benzene rings is 2. The van der Waals surface area contributed by atoms with Crippen LogP contribution in [0.2, 0.25) is 0 Å². The van der Waals surface area contributed by atoms with E-state index >= 15 is 4.39 Å². The molecule has 0 amide bonds. The van der Waals surface area contributed by atoms with Crippen molar-refractivity contribution in [2.75, 3.05) is 13.7 Å². The molecule has 0 heterocycles. The molecule has 9 atom stereocenters. The van der Waals surface area contributed by atoms with Gasteiger partial charge in [0.25, 0.3) is 0 Å². The van der Waals surface area contributed by atoms with Gasteiger partial charge in [0.15, 0.2) is 17.1 Å². The summed E-state index contributed by atoms with van der Waals surface area (Å²) in [5.41, 5.74) is -4.76. The van der Waals surface area contributed by atoms with Crippen LogP contribution in [0.4, 0.5) is 4.39 Å². The number of ketones is 2. The normalized spacial score (nSPS) is 38.3. The largest absolute Gasteiger partial charge is 0.497 e. The average Bonchev–Trinajstić information content (AvgIpc) is 3.22. The predicted octanol–water partition coefficient (Wildman–Crippen LogP) is 5.41. The third-order valence-corrected chi connectivity index (χ3v) is 11.9. The van der Waals surface area contributed by atoms with Gasteiger partial charge in [-0.25, -0.2) is 4.39 Å². The number of carbonyl (C=O) groups is 3. The first-order chi connectivity index (χ1) is 20.8. The molecule has 234 valence electrons. The van der Waals surface area contributed by atoms with E-state index < -0.39 is 70.2 Å². The van der Waals surface area contributed by atoms with E-state index in [4.69, 9.17) is 9.47 Å². The van der Waals surface area contributed by atoms with E-state index in [-0.39, 0.29) is 12.2 Å². The van der Waals surface area contributed by atoms with Crippen molar-refractivity contribution < 1.29 is 38.5 Å². The van der Waals surface area contributed by atoms with Gasteiger partial charge in [0.2, 0.25) is 5.78 Å². The molecule has 4 aliphatic rings. The third-order valence-electron chi connectivity index (χ3n) is 11.9. The molecule has 0 saturated heterocycles. The first kappa shape index (κ1) is 30.7. The van der Waals surface area contributed by atoms with Gasteiger partial charge >= 0.3 is 5.97 Å². The molecule has 0 unspecified atom stereocenters. The Bertz CT molecular complexity index is 1610. The Morgan fingerprint density at radius 1 is 1.11 bits per heavy atom. The molecule has 0 bridgehead atoms. The summed E-state index contributed by atoms with van der Waals surface area (Å²) in [6.45, 7) is 6.25. The van der Waals surface area contributed by atoms with Crippen molar-refractivity contribution in [1.82, 2.24) is 0 Å². The van der Waals surface area contributed by atoms with Gasteiger partial charge in [0.1, 0.15) is 12.4 Å². The zero-order valence-electron chi connectivity index (χ0n) is 25.9. The molecule has 44 heavy (non-hydrogen) atoms. The van der Waals surface area contributed by atoms with E-state index in [0.29, 0.717) is 30.4 Å². The summed E-state index contributed by atoms with van der Waals surface area (Å²) < 4.78 is 29.3. The van der Waals surface area contributed by atoms with Crippen LogP contribution in [0.15, 0.2) is 60.2 Å². The fourth-order valence-electron chi connectivity index (χ4n) is 9.54. The Labute approximate surface area is 257 Å². The van der Waals surface area contributed by atoms with Crippen LogP contribution in [0.25, 0.3) is 10.8 Å². The topological polar surface area (TPSA) is 110 Å². The number of fused-ring (bicyclic) bond motifs is 6. The predicted molar refractivity (Wildman–Crippen MR) is 163 cm³/mol. The van der Waals surface area contributed by atoms with Crippen LogP contribution in [0, 0.1) is 28.6 Å². The number of methoxy groups -OCH3 is 1. The number of rotatable bonds is 6. The van der Waals surface area contributed by atoms with Crippen molar-refractivity contribution in [3.8, 4) is 5.75 Å². The smallest absolute Gasteiger partial charge is 0.314 e. The Morgan fingerprint density at radius 2 is 1.82 bits per heavy atom. The molecular weight excluding hydrogens is 563 g/mol. The van der Waals surface area contributed by atoms with Crippen molar-refractivity contribution >= 4 is 28.3 Å². The zero-order valence-corrected chi connectivity index (χ0v) is 25.9. The number of hydrogen-bond acceptors (Lipinski definition) is 7. The number of carbonyl (C=O) groups excluding carboxylic acids is 3. The fraction of sp³-hybridized carbons (Fsp3) is 0.528. The van der Waals surface area contributed by atoms with Crippen molar-refractivity contribution in [1.29, 1.82) is 0 Å². The van der Waals surface area contributed by atoms with Gasteiger partial charge in [-0.05, 0) is 86.1 Å². The summed E-state index contributed by atoms with van der Waals surface area (Å²) >= 11 is 0. The van der Waals surface area contributed by atoms with E-state index in [1.807, 2.05) is 50.2 Å². The summed E-state index contributed by atoms with van der Waals surface area (Å²) in [6, 6.07) is 11.3. The number of esters is 1. The third kappa shape index (κ3) is 3.96. The summed E-state index contributed by atoms with van der Waals surface area (Å²) in [7, 11) is 1.60. The molecule has 0 radical (unpaired) electrons. The lowest BCUT2D eigenvalue weighted by molar-refractivity contribution is -0.228. The number of alkyl halides is 1. The van der Waals surface area contributed by atoms with Gasteiger partial charge in [-0.15, -0.1) is 0 Å². The molecular formula is C36H41FO7. The molecule has 8 heteroatoms. The maximum Gasteiger partial charge on any atom is 0.314 e. The van der Waals surface area contributed by atoms with Crippen LogP contribution < -0.4 is 4.74 Å². The van der Waals surface area contributed by atoms with E-state index in [1.165, 1.54) is 12.2 Å². The zero-order chi connectivity index (χ0) is 31.8. The Hall–Kier alpha value is -3.36. The molecule has 2 aromatic carbocycles. The molecule has 3 saturated carbocycles. The molecule has 6 rings (SSSR count). The van der Waals surface area contributed by atoms with E-state index in [1.54, 1.807) is 27.0 Å². The highest BCUT2D eigenvalue weighted by atomic mass is 19.1. The number of ether oxygens (including phenoxy) is 2. The summed E-state index contributed by atoms with van der Waals surface area (Å²) in [5, 5.41) is 23.8. The van der Waals surface area contributed by atoms with Crippen molar-refractivity contribution in [3.05, 3.63) is 65.8 Å². The first-order valence-corrected chi connectivity index (χ1v) is 15.5. The van der Waals surface area contributed by atoms with Gasteiger partial charge in [-0.2, -0.15) is 0 Å². The second-order valence-electron chi connectivity index (χ2n) is 13.8. The van der Waals surface area contributed by atoms with Crippen molar-refractivity contribution in [3.63, 3.8) is 0 Å². The molecule has 0 aliphatic heterocycles. The molecule has 2 N–H and O–H groups in total. The Balaban J connectivity index is 1.37. The lowest BCUT2D eigenvalue weighted by Gasteiger charge is -2.62. The molecule has 7 nitrogen and oxygen atoms in total. The Morgan fingerprint density at radius 3 is 2.52 bits per heavy atom. The van der Waals surface area contributed by atoms with E-state index in [0.717, 1.165) is 16.5 Å². The molecule has 3 fully saturated rings. The van der Waals surface area contributed by atoms with E-state index in [2.05, 4.69) is 0 Å². The highest BCUT2D eigenvalue weighted by molar-refractivity contribution is 6.01. The highest BCUT2D eigenvalue weighted by Gasteiger charge is 2.77. The minimum absolute atomic E-state index is 0.134. The monoisotopic (exact) mass is 604 g/mol. The van der Waals surface area contributed by atoms with E-state index in [9.17, 15) is 24.6 Å². The molecule has 0 spiro atoms. The minimum Gasteiger partial charge on any atom is -0.497 e. The number of allylic oxidation sites excluding steroid dienone is 4. The highest BCUT2D eigenvalue weighted by Crippen LogP contribution is 2.71. The summed E-state index contributed by atoms with van der Waals surface area (Å²) in [6.07, 6.45) is 4.09. The number of Topliss-reactive ketones (excluding diaryl/α,β-unsaturated/α-hetero) is 1. The number of hydrogen-bond donors (Lipinski definition) is 2.